The minimum atomic E-state index is 0.0169. The number of hydrogen-bond donors (Lipinski definition) is 1. The van der Waals surface area contributed by atoms with Gasteiger partial charge in [-0.25, -0.2) is 0 Å². The Kier molecular flexibility index (Phi) is 3.59. The normalized spacial score (nSPS) is 15.1. The Balaban J connectivity index is 2.03. The molecule has 3 rings (SSSR count). The van der Waals surface area contributed by atoms with Gasteiger partial charge in [-0.1, -0.05) is 17.7 Å². The maximum absolute atomic E-state index is 12.7. The Hall–Kier alpha value is -2.01. The minimum Gasteiger partial charge on any atom is -0.496 e. The highest BCUT2D eigenvalue weighted by molar-refractivity contribution is 7.21. The summed E-state index contributed by atoms with van der Waals surface area (Å²) in [5.41, 5.74) is 7.99. The summed E-state index contributed by atoms with van der Waals surface area (Å²) >= 11 is 1.44. The molecule has 21 heavy (non-hydrogen) atoms. The maximum atomic E-state index is 12.7. The number of ether oxygens (including phenoxy) is 1. The number of nitrogens with zero attached hydrogens (tertiary/aromatic N) is 1. The lowest BCUT2D eigenvalue weighted by Gasteiger charge is -2.25. The lowest BCUT2D eigenvalue weighted by Crippen LogP contribution is -2.35. The van der Waals surface area contributed by atoms with Gasteiger partial charge in [-0.2, -0.15) is 0 Å². The average molecular weight is 302 g/mol. The number of benzene rings is 1. The summed E-state index contributed by atoms with van der Waals surface area (Å²) in [5.74, 6) is 0.734. The zero-order valence-corrected chi connectivity index (χ0v) is 13.0. The Bertz CT molecular complexity index is 733. The van der Waals surface area contributed by atoms with E-state index < -0.39 is 0 Å². The molecule has 0 saturated carbocycles. The highest BCUT2D eigenvalue weighted by atomic mass is 32.1. The number of nitrogens with two attached hydrogens (primary N) is 1. The van der Waals surface area contributed by atoms with Crippen LogP contribution in [0.3, 0.4) is 0 Å². The van der Waals surface area contributed by atoms with Crippen molar-refractivity contribution in [2.24, 2.45) is 0 Å². The van der Waals surface area contributed by atoms with Crippen LogP contribution in [0.4, 0.5) is 5.69 Å². The van der Waals surface area contributed by atoms with Crippen molar-refractivity contribution >= 4 is 33.0 Å². The van der Waals surface area contributed by atoms with E-state index in [1.54, 1.807) is 7.11 Å². The first-order chi connectivity index (χ1) is 10.1. The number of fused-ring (bicyclic) bond motifs is 1. The fourth-order valence-corrected chi connectivity index (χ4v) is 3.80. The summed E-state index contributed by atoms with van der Waals surface area (Å²) in [5, 5.41) is 0.845. The van der Waals surface area contributed by atoms with Gasteiger partial charge in [0.05, 0.1) is 18.2 Å². The first-order valence-corrected chi connectivity index (χ1v) is 7.73. The van der Waals surface area contributed by atoms with Crippen molar-refractivity contribution in [2.45, 2.75) is 13.3 Å². The van der Waals surface area contributed by atoms with Gasteiger partial charge in [-0.15, -0.1) is 11.3 Å². The van der Waals surface area contributed by atoms with Gasteiger partial charge < -0.3 is 15.4 Å². The van der Waals surface area contributed by atoms with Crippen molar-refractivity contribution in [3.8, 4) is 5.75 Å². The molecule has 0 spiro atoms. The average Bonchev–Trinajstić information content (AvgIpc) is 2.84. The lowest BCUT2D eigenvalue weighted by atomic mass is 10.1. The standard InChI is InChI=1S/C16H18N2O2S/c1-10-5-4-8-18(9-10)16(19)15-14(17)13-11(20-2)6-3-7-12(13)21-15/h3,5-7H,4,8-9,17H2,1-2H3. The first kappa shape index (κ1) is 13.9. The van der Waals surface area contributed by atoms with Crippen LogP contribution in [0.1, 0.15) is 23.0 Å². The molecule has 2 aromatic rings. The molecular weight excluding hydrogens is 284 g/mol. The summed E-state index contributed by atoms with van der Waals surface area (Å²) in [6.07, 6.45) is 3.09. The number of methoxy groups -OCH3 is 1. The minimum absolute atomic E-state index is 0.0169. The van der Waals surface area contributed by atoms with E-state index in [-0.39, 0.29) is 5.91 Å². The number of carbonyl (C=O) groups is 1. The second-order valence-electron chi connectivity index (χ2n) is 5.24. The number of rotatable bonds is 2. The Labute approximate surface area is 127 Å². The van der Waals surface area contributed by atoms with Crippen LogP contribution in [-0.4, -0.2) is 31.0 Å². The van der Waals surface area contributed by atoms with Gasteiger partial charge >= 0.3 is 0 Å². The van der Waals surface area contributed by atoms with Crippen LogP contribution in [0.15, 0.2) is 29.8 Å². The van der Waals surface area contributed by atoms with Crippen LogP contribution in [-0.2, 0) is 0 Å². The molecule has 5 heteroatoms. The van der Waals surface area contributed by atoms with Crippen molar-refractivity contribution < 1.29 is 9.53 Å². The van der Waals surface area contributed by atoms with E-state index in [0.717, 1.165) is 28.8 Å². The SMILES string of the molecule is COc1cccc2sc(C(=O)N3CCC=C(C)C3)c(N)c12. The number of amides is 1. The van der Waals surface area contributed by atoms with Crippen molar-refractivity contribution in [3.05, 3.63) is 34.7 Å². The molecule has 0 bridgehead atoms. The highest BCUT2D eigenvalue weighted by Gasteiger charge is 2.24. The van der Waals surface area contributed by atoms with Crippen LogP contribution < -0.4 is 10.5 Å². The molecule has 0 saturated heterocycles. The van der Waals surface area contributed by atoms with E-state index in [0.29, 0.717) is 17.1 Å². The predicted octanol–water partition coefficient (Wildman–Crippen LogP) is 3.28. The molecule has 110 valence electrons. The second-order valence-corrected chi connectivity index (χ2v) is 6.30. The number of anilines is 1. The van der Waals surface area contributed by atoms with Crippen molar-refractivity contribution in [3.63, 3.8) is 0 Å². The van der Waals surface area contributed by atoms with Gasteiger partial charge in [0.1, 0.15) is 10.6 Å². The lowest BCUT2D eigenvalue weighted by molar-refractivity contribution is 0.0772. The summed E-state index contributed by atoms with van der Waals surface area (Å²) in [6.45, 7) is 3.49. The molecular formula is C16H18N2O2S. The molecule has 0 aliphatic carbocycles. The van der Waals surface area contributed by atoms with Gasteiger partial charge in [-0.3, -0.25) is 4.79 Å². The fraction of sp³-hybridized carbons (Fsp3) is 0.312. The third-order valence-electron chi connectivity index (χ3n) is 3.75. The second kappa shape index (κ2) is 5.41. The monoisotopic (exact) mass is 302 g/mol. The van der Waals surface area contributed by atoms with E-state index in [2.05, 4.69) is 13.0 Å². The Morgan fingerprint density at radius 2 is 2.24 bits per heavy atom. The van der Waals surface area contributed by atoms with Crippen LogP contribution >= 0.6 is 11.3 Å². The smallest absolute Gasteiger partial charge is 0.266 e. The summed E-state index contributed by atoms with van der Waals surface area (Å²) in [6, 6.07) is 5.75. The topological polar surface area (TPSA) is 55.6 Å². The molecule has 0 fully saturated rings. The zero-order valence-electron chi connectivity index (χ0n) is 12.2. The van der Waals surface area contributed by atoms with Crippen LogP contribution in [0.25, 0.3) is 10.1 Å². The van der Waals surface area contributed by atoms with E-state index in [9.17, 15) is 4.79 Å². The van der Waals surface area contributed by atoms with Gasteiger partial charge in [0.25, 0.3) is 5.91 Å². The van der Waals surface area contributed by atoms with E-state index in [4.69, 9.17) is 10.5 Å². The van der Waals surface area contributed by atoms with Crippen molar-refractivity contribution in [1.29, 1.82) is 0 Å². The molecule has 2 N–H and O–H groups in total. The quantitative estimate of drug-likeness (QED) is 0.866. The van der Waals surface area contributed by atoms with E-state index >= 15 is 0 Å². The van der Waals surface area contributed by atoms with E-state index in [1.165, 1.54) is 16.9 Å². The van der Waals surface area contributed by atoms with Gasteiger partial charge in [0.15, 0.2) is 0 Å². The summed E-state index contributed by atoms with van der Waals surface area (Å²) in [7, 11) is 1.62. The number of hydrogen-bond acceptors (Lipinski definition) is 4. The molecule has 1 aliphatic heterocycles. The third-order valence-corrected chi connectivity index (χ3v) is 4.91. The van der Waals surface area contributed by atoms with Crippen molar-refractivity contribution in [2.75, 3.05) is 25.9 Å². The molecule has 4 nitrogen and oxygen atoms in total. The molecule has 1 aromatic carbocycles. The molecule has 2 heterocycles. The molecule has 1 aromatic heterocycles. The zero-order chi connectivity index (χ0) is 15.0. The van der Waals surface area contributed by atoms with Gasteiger partial charge in [-0.05, 0) is 25.5 Å². The molecule has 0 atom stereocenters. The fourth-order valence-electron chi connectivity index (χ4n) is 2.70. The van der Waals surface area contributed by atoms with Crippen molar-refractivity contribution in [1.82, 2.24) is 4.90 Å². The molecule has 0 unspecified atom stereocenters. The van der Waals surface area contributed by atoms with Gasteiger partial charge in [0.2, 0.25) is 0 Å². The molecule has 1 amide bonds. The Morgan fingerprint density at radius 3 is 2.95 bits per heavy atom. The predicted molar refractivity (Wildman–Crippen MR) is 87.1 cm³/mol. The van der Waals surface area contributed by atoms with Crippen LogP contribution in [0.5, 0.6) is 5.75 Å². The third kappa shape index (κ3) is 2.38. The number of thiophene rings is 1. The first-order valence-electron chi connectivity index (χ1n) is 6.91. The number of carbonyl (C=O) groups excluding carboxylic acids is 1. The van der Waals surface area contributed by atoms with Crippen LogP contribution in [0, 0.1) is 0 Å². The maximum Gasteiger partial charge on any atom is 0.266 e. The Morgan fingerprint density at radius 1 is 1.43 bits per heavy atom. The highest BCUT2D eigenvalue weighted by Crippen LogP contribution is 2.40. The summed E-state index contributed by atoms with van der Waals surface area (Å²) in [4.78, 5) is 15.2. The van der Waals surface area contributed by atoms with Gasteiger partial charge in [0, 0.05) is 17.8 Å². The molecule has 1 aliphatic rings. The molecule has 0 radical (unpaired) electrons. The largest absolute Gasteiger partial charge is 0.496 e. The van der Waals surface area contributed by atoms with Crippen LogP contribution in [0.2, 0.25) is 0 Å². The summed E-state index contributed by atoms with van der Waals surface area (Å²) < 4.78 is 6.34. The number of nitrogen functional groups attached to an aromatic ring is 1. The van der Waals surface area contributed by atoms with E-state index in [1.807, 2.05) is 23.1 Å².